The molecule has 1 amide bonds. The molecule has 19 heavy (non-hydrogen) atoms. The Labute approximate surface area is 117 Å². The number of benzene rings is 1. The fraction of sp³-hybridized carbons (Fsp3) is 0.500. The number of aliphatic hydroxyl groups excluding tert-OH is 1. The largest absolute Gasteiger partial charge is 0.480 e. The van der Waals surface area contributed by atoms with Gasteiger partial charge in [0.05, 0.1) is 6.10 Å². The second kappa shape index (κ2) is 6.26. The number of amides is 1. The first-order valence-electron chi connectivity index (χ1n) is 6.50. The Morgan fingerprint density at radius 1 is 1.47 bits per heavy atom. The highest BCUT2D eigenvalue weighted by Gasteiger charge is 2.23. The lowest BCUT2D eigenvalue weighted by molar-refractivity contribution is -0.127. The summed E-state index contributed by atoms with van der Waals surface area (Å²) in [5.41, 5.74) is 0.601. The highest BCUT2D eigenvalue weighted by molar-refractivity contribution is 6.30. The molecule has 0 bridgehead atoms. The normalized spacial score (nSPS) is 21.4. The van der Waals surface area contributed by atoms with Crippen LogP contribution in [0.25, 0.3) is 0 Å². The minimum Gasteiger partial charge on any atom is -0.480 e. The van der Waals surface area contributed by atoms with Gasteiger partial charge >= 0.3 is 0 Å². The van der Waals surface area contributed by atoms with Crippen molar-refractivity contribution in [2.24, 2.45) is 0 Å². The van der Waals surface area contributed by atoms with Crippen LogP contribution in [0.3, 0.4) is 0 Å². The average molecular weight is 284 g/mol. The highest BCUT2D eigenvalue weighted by Crippen LogP contribution is 2.29. The van der Waals surface area contributed by atoms with Crippen LogP contribution in [0.15, 0.2) is 18.2 Å². The third kappa shape index (κ3) is 3.61. The van der Waals surface area contributed by atoms with Gasteiger partial charge in [-0.3, -0.25) is 4.79 Å². The van der Waals surface area contributed by atoms with Crippen LogP contribution in [-0.4, -0.2) is 23.7 Å². The van der Waals surface area contributed by atoms with Crippen LogP contribution < -0.4 is 10.1 Å². The predicted molar refractivity (Wildman–Crippen MR) is 73.4 cm³/mol. The second-order valence-electron chi connectivity index (χ2n) is 4.75. The summed E-state index contributed by atoms with van der Waals surface area (Å²) in [6.45, 7) is 2.34. The first kappa shape index (κ1) is 14.2. The smallest absolute Gasteiger partial charge is 0.261 e. The van der Waals surface area contributed by atoms with E-state index in [1.165, 1.54) is 0 Å². The first-order chi connectivity index (χ1) is 9.08. The first-order valence-corrected chi connectivity index (χ1v) is 6.87. The fourth-order valence-electron chi connectivity index (χ4n) is 2.13. The number of halogens is 1. The Kier molecular flexibility index (Phi) is 4.66. The van der Waals surface area contributed by atoms with E-state index in [0.717, 1.165) is 12.8 Å². The van der Waals surface area contributed by atoms with E-state index in [1.807, 2.05) is 0 Å². The van der Waals surface area contributed by atoms with Crippen LogP contribution in [0.1, 0.15) is 37.9 Å². The Balaban J connectivity index is 2.19. The van der Waals surface area contributed by atoms with Gasteiger partial charge in [0, 0.05) is 17.1 Å². The monoisotopic (exact) mass is 283 g/mol. The Morgan fingerprint density at radius 2 is 2.26 bits per heavy atom. The van der Waals surface area contributed by atoms with Crippen LogP contribution in [0.4, 0.5) is 0 Å². The van der Waals surface area contributed by atoms with Crippen molar-refractivity contribution in [2.75, 3.05) is 6.54 Å². The summed E-state index contributed by atoms with van der Waals surface area (Å²) < 4.78 is 5.76. The number of ether oxygens (including phenoxy) is 1. The zero-order valence-corrected chi connectivity index (χ0v) is 11.6. The lowest BCUT2D eigenvalue weighted by Crippen LogP contribution is -2.36. The van der Waals surface area contributed by atoms with Gasteiger partial charge in [-0.2, -0.15) is 0 Å². The molecular formula is C14H18ClNO3. The molecule has 2 rings (SSSR count). The van der Waals surface area contributed by atoms with Crippen LogP contribution in [0, 0.1) is 0 Å². The lowest BCUT2D eigenvalue weighted by atomic mass is 10.1. The molecule has 0 saturated carbocycles. The molecule has 1 aromatic carbocycles. The van der Waals surface area contributed by atoms with Crippen molar-refractivity contribution in [3.05, 3.63) is 28.8 Å². The number of carbonyl (C=O) groups excluding carboxylic acids is 1. The van der Waals surface area contributed by atoms with Crippen molar-refractivity contribution in [3.8, 4) is 5.75 Å². The second-order valence-corrected chi connectivity index (χ2v) is 5.19. The van der Waals surface area contributed by atoms with Gasteiger partial charge in [-0.15, -0.1) is 0 Å². The molecule has 1 unspecified atom stereocenters. The lowest BCUT2D eigenvalue weighted by Gasteiger charge is -2.19. The van der Waals surface area contributed by atoms with Crippen LogP contribution in [0.5, 0.6) is 5.75 Å². The molecular weight excluding hydrogens is 266 g/mol. The molecule has 5 heteroatoms. The fourth-order valence-corrected chi connectivity index (χ4v) is 2.31. The standard InChI is InChI=1S/C14H18ClNO3/c1-9(17)11-8-10(15)5-6-12(11)19-13-4-2-3-7-16-14(13)18/h5-6,8-9,13,17H,2-4,7H2,1H3,(H,16,18)/t9-,13?/m1/s1. The van der Waals surface area contributed by atoms with Gasteiger partial charge in [0.1, 0.15) is 5.75 Å². The summed E-state index contributed by atoms with van der Waals surface area (Å²) in [5, 5.41) is 13.1. The van der Waals surface area contributed by atoms with Crippen molar-refractivity contribution < 1.29 is 14.6 Å². The minimum atomic E-state index is -0.692. The molecule has 0 aromatic heterocycles. The van der Waals surface area contributed by atoms with E-state index in [-0.39, 0.29) is 5.91 Å². The Bertz CT molecular complexity index is 462. The Hall–Kier alpha value is -1.26. The number of aliphatic hydroxyl groups is 1. The minimum absolute atomic E-state index is 0.0935. The van der Waals surface area contributed by atoms with Crippen molar-refractivity contribution in [1.29, 1.82) is 0 Å². The van der Waals surface area contributed by atoms with E-state index in [4.69, 9.17) is 16.3 Å². The van der Waals surface area contributed by atoms with Crippen molar-refractivity contribution in [1.82, 2.24) is 5.32 Å². The van der Waals surface area contributed by atoms with E-state index in [0.29, 0.717) is 29.3 Å². The molecule has 1 fully saturated rings. The average Bonchev–Trinajstić information content (AvgIpc) is 2.57. The van der Waals surface area contributed by atoms with Crippen LogP contribution in [-0.2, 0) is 4.79 Å². The topological polar surface area (TPSA) is 58.6 Å². The number of hydrogen-bond acceptors (Lipinski definition) is 3. The van der Waals surface area contributed by atoms with E-state index in [9.17, 15) is 9.90 Å². The molecule has 0 spiro atoms. The third-order valence-electron chi connectivity index (χ3n) is 3.18. The summed E-state index contributed by atoms with van der Waals surface area (Å²) in [7, 11) is 0. The van der Waals surface area contributed by atoms with Gasteiger partial charge in [-0.25, -0.2) is 0 Å². The molecule has 1 aliphatic rings. The quantitative estimate of drug-likeness (QED) is 0.896. The maximum absolute atomic E-state index is 11.8. The molecule has 1 heterocycles. The SMILES string of the molecule is C[C@@H](O)c1cc(Cl)ccc1OC1CCCCNC1=O. The zero-order chi connectivity index (χ0) is 13.8. The van der Waals surface area contributed by atoms with Gasteiger partial charge < -0.3 is 15.2 Å². The van der Waals surface area contributed by atoms with Gasteiger partial charge in [0.25, 0.3) is 5.91 Å². The molecule has 2 N–H and O–H groups in total. The van der Waals surface area contributed by atoms with E-state index < -0.39 is 12.2 Å². The van der Waals surface area contributed by atoms with E-state index >= 15 is 0 Å². The molecule has 1 aliphatic heterocycles. The molecule has 4 nitrogen and oxygen atoms in total. The van der Waals surface area contributed by atoms with E-state index in [1.54, 1.807) is 25.1 Å². The molecule has 0 aliphatic carbocycles. The van der Waals surface area contributed by atoms with Crippen LogP contribution in [0.2, 0.25) is 5.02 Å². The Morgan fingerprint density at radius 3 is 3.00 bits per heavy atom. The molecule has 1 saturated heterocycles. The summed E-state index contributed by atoms with van der Waals surface area (Å²) >= 11 is 5.91. The molecule has 2 atom stereocenters. The van der Waals surface area contributed by atoms with Crippen molar-refractivity contribution >= 4 is 17.5 Å². The molecule has 104 valence electrons. The summed E-state index contributed by atoms with van der Waals surface area (Å²) in [4.78, 5) is 11.8. The van der Waals surface area contributed by atoms with Gasteiger partial charge in [-0.1, -0.05) is 11.6 Å². The van der Waals surface area contributed by atoms with Gasteiger partial charge in [0.2, 0.25) is 0 Å². The summed E-state index contributed by atoms with van der Waals surface area (Å²) in [6, 6.07) is 5.05. The highest BCUT2D eigenvalue weighted by atomic mass is 35.5. The number of carbonyl (C=O) groups is 1. The zero-order valence-electron chi connectivity index (χ0n) is 10.9. The molecule has 0 radical (unpaired) electrons. The van der Waals surface area contributed by atoms with Gasteiger partial charge in [-0.05, 0) is 44.4 Å². The summed E-state index contributed by atoms with van der Waals surface area (Å²) in [5.74, 6) is 0.422. The third-order valence-corrected chi connectivity index (χ3v) is 3.41. The summed E-state index contributed by atoms with van der Waals surface area (Å²) in [6.07, 6.45) is 1.41. The van der Waals surface area contributed by atoms with E-state index in [2.05, 4.69) is 5.32 Å². The van der Waals surface area contributed by atoms with Gasteiger partial charge in [0.15, 0.2) is 6.10 Å². The number of rotatable bonds is 3. The maximum atomic E-state index is 11.8. The van der Waals surface area contributed by atoms with Crippen LogP contribution >= 0.6 is 11.6 Å². The van der Waals surface area contributed by atoms with Crippen molar-refractivity contribution in [2.45, 2.75) is 38.4 Å². The number of nitrogens with one attached hydrogen (secondary N) is 1. The van der Waals surface area contributed by atoms with Crippen molar-refractivity contribution in [3.63, 3.8) is 0 Å². The number of hydrogen-bond donors (Lipinski definition) is 2. The maximum Gasteiger partial charge on any atom is 0.261 e. The predicted octanol–water partition coefficient (Wildman–Crippen LogP) is 2.44. The molecule has 1 aromatic rings.